The van der Waals surface area contributed by atoms with Crippen molar-refractivity contribution in [3.63, 3.8) is 0 Å². The summed E-state index contributed by atoms with van der Waals surface area (Å²) in [6.07, 6.45) is 1.86. The zero-order valence-electron chi connectivity index (χ0n) is 15.3. The van der Waals surface area contributed by atoms with Gasteiger partial charge in [0.25, 0.3) is 5.91 Å². The number of carboxylic acids is 1. The fourth-order valence-electron chi connectivity index (χ4n) is 2.95. The van der Waals surface area contributed by atoms with Crippen molar-refractivity contribution in [2.45, 2.75) is 57.0 Å². The van der Waals surface area contributed by atoms with E-state index < -0.39 is 21.9 Å². The number of nitrogens with zero attached hydrogens (tertiary/aromatic N) is 1. The van der Waals surface area contributed by atoms with Crippen LogP contribution >= 0.6 is 0 Å². The molecule has 0 radical (unpaired) electrons. The molecule has 1 saturated heterocycles. The largest absolute Gasteiger partial charge is 0.481 e. The Kier molecular flexibility index (Phi) is 6.41. The first kappa shape index (κ1) is 20.4. The van der Waals surface area contributed by atoms with Gasteiger partial charge in [-0.1, -0.05) is 6.92 Å². The topological polar surface area (TPSA) is 104 Å². The first-order chi connectivity index (χ1) is 12.2. The van der Waals surface area contributed by atoms with Crippen LogP contribution in [0.3, 0.4) is 0 Å². The van der Waals surface area contributed by atoms with Crippen molar-refractivity contribution in [2.75, 3.05) is 6.54 Å². The van der Waals surface area contributed by atoms with Crippen molar-refractivity contribution in [2.24, 2.45) is 5.92 Å². The molecule has 0 bridgehead atoms. The third kappa shape index (κ3) is 4.62. The number of nitrogens with one attached hydrogen (secondary N) is 1. The average molecular weight is 382 g/mol. The molecule has 1 heterocycles. The average Bonchev–Trinajstić information content (AvgIpc) is 2.61. The molecule has 2 rings (SSSR count). The number of rotatable bonds is 6. The molecule has 1 aromatic carbocycles. The van der Waals surface area contributed by atoms with Gasteiger partial charge in [-0.3, -0.25) is 9.59 Å². The number of sulfonamides is 1. The molecule has 144 valence electrons. The Morgan fingerprint density at radius 1 is 1.27 bits per heavy atom. The van der Waals surface area contributed by atoms with Crippen LogP contribution in [0.25, 0.3) is 0 Å². The van der Waals surface area contributed by atoms with E-state index in [2.05, 4.69) is 4.72 Å². The van der Waals surface area contributed by atoms with Gasteiger partial charge in [0.1, 0.15) is 0 Å². The number of piperidine rings is 1. The molecule has 0 aliphatic carbocycles. The molecular formula is C18H26N2O5S. The number of hydrogen-bond donors (Lipinski definition) is 2. The Morgan fingerprint density at radius 2 is 1.88 bits per heavy atom. The minimum absolute atomic E-state index is 0.0476. The van der Waals surface area contributed by atoms with Gasteiger partial charge in [0.2, 0.25) is 10.0 Å². The van der Waals surface area contributed by atoms with Crippen LogP contribution in [0.5, 0.6) is 0 Å². The van der Waals surface area contributed by atoms with Gasteiger partial charge in [0, 0.05) is 24.2 Å². The van der Waals surface area contributed by atoms with Crippen LogP contribution in [0.4, 0.5) is 0 Å². The Labute approximate surface area is 154 Å². The Hall–Kier alpha value is -1.93. The van der Waals surface area contributed by atoms with E-state index in [1.54, 1.807) is 11.8 Å². The summed E-state index contributed by atoms with van der Waals surface area (Å²) < 4.78 is 27.1. The van der Waals surface area contributed by atoms with Crippen molar-refractivity contribution in [1.82, 2.24) is 9.62 Å². The molecule has 1 amide bonds. The highest BCUT2D eigenvalue weighted by Gasteiger charge is 2.33. The van der Waals surface area contributed by atoms with E-state index in [-0.39, 0.29) is 29.4 Å². The van der Waals surface area contributed by atoms with Crippen LogP contribution in [0.2, 0.25) is 0 Å². The van der Waals surface area contributed by atoms with E-state index in [1.807, 2.05) is 13.8 Å². The summed E-state index contributed by atoms with van der Waals surface area (Å²) in [5.74, 6) is -1.73. The summed E-state index contributed by atoms with van der Waals surface area (Å²) in [5.41, 5.74) is 0.352. The van der Waals surface area contributed by atoms with Gasteiger partial charge in [0.05, 0.1) is 10.8 Å². The summed E-state index contributed by atoms with van der Waals surface area (Å²) in [7, 11) is -3.62. The molecule has 1 aliphatic rings. The normalized spacial score (nSPS) is 22.0. The summed E-state index contributed by atoms with van der Waals surface area (Å²) in [5, 5.41) is 9.20. The highest BCUT2D eigenvalue weighted by atomic mass is 32.2. The van der Waals surface area contributed by atoms with E-state index in [4.69, 9.17) is 0 Å². The minimum Gasteiger partial charge on any atom is -0.481 e. The maximum absolute atomic E-state index is 12.7. The van der Waals surface area contributed by atoms with Gasteiger partial charge in [-0.2, -0.15) is 0 Å². The molecule has 8 heteroatoms. The van der Waals surface area contributed by atoms with Crippen LogP contribution < -0.4 is 4.72 Å². The molecule has 0 aromatic heterocycles. The highest BCUT2D eigenvalue weighted by molar-refractivity contribution is 7.89. The second-order valence-electron chi connectivity index (χ2n) is 6.87. The molecular weight excluding hydrogens is 356 g/mol. The predicted octanol–water partition coefficient (Wildman–Crippen LogP) is 2.09. The summed E-state index contributed by atoms with van der Waals surface area (Å²) in [6.45, 7) is 5.74. The van der Waals surface area contributed by atoms with Crippen LogP contribution in [0.15, 0.2) is 29.2 Å². The molecule has 7 nitrogen and oxygen atoms in total. The Bertz CT molecular complexity index is 760. The van der Waals surface area contributed by atoms with Crippen molar-refractivity contribution in [1.29, 1.82) is 0 Å². The summed E-state index contributed by atoms with van der Waals surface area (Å²) in [6, 6.07) is 5.54. The maximum Gasteiger partial charge on any atom is 0.308 e. The molecule has 1 fully saturated rings. The number of hydrogen-bond acceptors (Lipinski definition) is 4. The molecule has 1 aliphatic heterocycles. The summed E-state index contributed by atoms with van der Waals surface area (Å²) in [4.78, 5) is 25.6. The van der Waals surface area contributed by atoms with Gasteiger partial charge in [-0.15, -0.1) is 0 Å². The Morgan fingerprint density at radius 3 is 2.42 bits per heavy atom. The van der Waals surface area contributed by atoms with Gasteiger partial charge < -0.3 is 10.0 Å². The number of amides is 1. The maximum atomic E-state index is 12.7. The smallest absolute Gasteiger partial charge is 0.308 e. The molecule has 26 heavy (non-hydrogen) atoms. The second-order valence-corrected chi connectivity index (χ2v) is 8.59. The molecule has 2 N–H and O–H groups in total. The third-order valence-electron chi connectivity index (χ3n) is 4.87. The van der Waals surface area contributed by atoms with Gasteiger partial charge in [0.15, 0.2) is 0 Å². The van der Waals surface area contributed by atoms with Crippen molar-refractivity contribution in [3.8, 4) is 0 Å². The molecule has 3 unspecified atom stereocenters. The Balaban J connectivity index is 2.17. The fraction of sp³-hybridized carbons (Fsp3) is 0.556. The highest BCUT2D eigenvalue weighted by Crippen LogP contribution is 2.24. The SMILES string of the molecule is CCC(C)NS(=O)(=O)c1ccc(C(=O)N2CC(C(=O)O)CCC2C)cc1. The van der Waals surface area contributed by atoms with Gasteiger partial charge in [-0.25, -0.2) is 13.1 Å². The zero-order chi connectivity index (χ0) is 19.5. The molecule has 1 aromatic rings. The van der Waals surface area contributed by atoms with E-state index in [9.17, 15) is 23.1 Å². The van der Waals surface area contributed by atoms with Crippen LogP contribution in [0, 0.1) is 5.92 Å². The van der Waals surface area contributed by atoms with Gasteiger partial charge in [-0.05, 0) is 57.4 Å². The van der Waals surface area contributed by atoms with E-state index >= 15 is 0 Å². The van der Waals surface area contributed by atoms with Crippen LogP contribution in [0.1, 0.15) is 50.4 Å². The van der Waals surface area contributed by atoms with Crippen molar-refractivity contribution < 1.29 is 23.1 Å². The van der Waals surface area contributed by atoms with E-state index in [1.165, 1.54) is 24.3 Å². The third-order valence-corrected chi connectivity index (χ3v) is 6.48. The quantitative estimate of drug-likeness (QED) is 0.784. The lowest BCUT2D eigenvalue weighted by molar-refractivity contribution is -0.143. The number of likely N-dealkylation sites (tertiary alicyclic amines) is 1. The lowest BCUT2D eigenvalue weighted by atomic mass is 9.93. The minimum atomic E-state index is -3.62. The van der Waals surface area contributed by atoms with Crippen molar-refractivity contribution in [3.05, 3.63) is 29.8 Å². The van der Waals surface area contributed by atoms with E-state index in [0.717, 1.165) is 0 Å². The molecule has 3 atom stereocenters. The number of benzene rings is 1. The lowest BCUT2D eigenvalue weighted by Crippen LogP contribution is -2.47. The van der Waals surface area contributed by atoms with Crippen LogP contribution in [-0.2, 0) is 14.8 Å². The predicted molar refractivity (Wildman–Crippen MR) is 97.4 cm³/mol. The second kappa shape index (κ2) is 8.18. The number of carboxylic acid groups (broad SMARTS) is 1. The van der Waals surface area contributed by atoms with Crippen LogP contribution in [-0.4, -0.2) is 48.9 Å². The summed E-state index contributed by atoms with van der Waals surface area (Å²) >= 11 is 0. The standard InChI is InChI=1S/C18H26N2O5S/c1-4-12(2)19-26(24,25)16-9-7-14(8-10-16)17(21)20-11-15(18(22)23)6-5-13(20)3/h7-10,12-13,15,19H,4-6,11H2,1-3H3,(H,22,23). The van der Waals surface area contributed by atoms with Crippen molar-refractivity contribution >= 4 is 21.9 Å². The number of carbonyl (C=O) groups excluding carboxylic acids is 1. The zero-order valence-corrected chi connectivity index (χ0v) is 16.1. The number of aliphatic carboxylic acids is 1. The first-order valence-electron chi connectivity index (χ1n) is 8.81. The molecule has 0 spiro atoms. The van der Waals surface area contributed by atoms with Gasteiger partial charge >= 0.3 is 5.97 Å². The first-order valence-corrected chi connectivity index (χ1v) is 10.3. The number of carbonyl (C=O) groups is 2. The monoisotopic (exact) mass is 382 g/mol. The molecule has 0 saturated carbocycles. The lowest BCUT2D eigenvalue weighted by Gasteiger charge is -2.36. The fourth-order valence-corrected chi connectivity index (χ4v) is 4.28. The van der Waals surface area contributed by atoms with E-state index in [0.29, 0.717) is 24.8 Å².